The second-order valence-electron chi connectivity index (χ2n) is 6.66. The molecule has 3 aromatic rings. The van der Waals surface area contributed by atoms with Gasteiger partial charge in [-0.15, -0.1) is 0 Å². The Balaban J connectivity index is 1.77. The summed E-state index contributed by atoms with van der Waals surface area (Å²) in [5.74, 6) is 0.678. The molecule has 136 valence electrons. The van der Waals surface area contributed by atoms with E-state index in [0.29, 0.717) is 25.9 Å². The van der Waals surface area contributed by atoms with Crippen molar-refractivity contribution in [3.63, 3.8) is 0 Å². The molecule has 27 heavy (non-hydrogen) atoms. The zero-order chi connectivity index (χ0) is 18.8. The van der Waals surface area contributed by atoms with E-state index in [4.69, 9.17) is 9.97 Å². The van der Waals surface area contributed by atoms with Gasteiger partial charge in [0.05, 0.1) is 17.9 Å². The van der Waals surface area contributed by atoms with Crippen LogP contribution in [0.3, 0.4) is 0 Å². The number of nitrogens with zero attached hydrogens (tertiary/aromatic N) is 5. The molecule has 1 aliphatic heterocycles. The summed E-state index contributed by atoms with van der Waals surface area (Å²) < 4.78 is 1.77. The second kappa shape index (κ2) is 7.15. The number of aromatic nitrogens is 4. The number of carbonyl (C=O) groups excluding carboxylic acids is 1. The maximum Gasteiger partial charge on any atom is 0.246 e. The van der Waals surface area contributed by atoms with Gasteiger partial charge in [-0.05, 0) is 24.1 Å². The van der Waals surface area contributed by atoms with Gasteiger partial charge in [-0.25, -0.2) is 9.97 Å². The highest BCUT2D eigenvalue weighted by atomic mass is 16.2. The van der Waals surface area contributed by atoms with E-state index in [9.17, 15) is 4.79 Å². The molecule has 0 spiro atoms. The van der Waals surface area contributed by atoms with Gasteiger partial charge in [0, 0.05) is 31.8 Å². The molecule has 0 saturated heterocycles. The lowest BCUT2D eigenvalue weighted by Crippen LogP contribution is -2.36. The highest BCUT2D eigenvalue weighted by molar-refractivity contribution is 5.87. The van der Waals surface area contributed by atoms with E-state index in [1.54, 1.807) is 9.58 Å². The molecule has 1 aliphatic rings. The van der Waals surface area contributed by atoms with E-state index < -0.39 is 0 Å². The zero-order valence-corrected chi connectivity index (χ0v) is 15.3. The summed E-state index contributed by atoms with van der Waals surface area (Å²) in [7, 11) is 1.90. The Morgan fingerprint density at radius 3 is 2.74 bits per heavy atom. The quantitative estimate of drug-likeness (QED) is 0.672. The third kappa shape index (κ3) is 3.51. The Morgan fingerprint density at radius 2 is 2.04 bits per heavy atom. The van der Waals surface area contributed by atoms with E-state index in [1.165, 1.54) is 6.08 Å². The fourth-order valence-electron chi connectivity index (χ4n) is 3.41. The van der Waals surface area contributed by atoms with Gasteiger partial charge in [-0.3, -0.25) is 9.48 Å². The number of hydrogen-bond donors (Lipinski definition) is 0. The Kier molecular flexibility index (Phi) is 4.54. The van der Waals surface area contributed by atoms with Crippen molar-refractivity contribution in [2.75, 3.05) is 6.54 Å². The molecule has 2 aromatic heterocycles. The monoisotopic (exact) mass is 359 g/mol. The largest absolute Gasteiger partial charge is 0.333 e. The van der Waals surface area contributed by atoms with Crippen LogP contribution in [-0.4, -0.2) is 37.1 Å². The standard InChI is InChI=1S/C21H21N5O/c1-3-20(27)26-12-9-16-18(14-26)22-19(13-15-7-5-4-6-8-15)23-21(16)17-10-11-25(2)24-17/h3-8,10-11H,1,9,12-14H2,2H3. The van der Waals surface area contributed by atoms with E-state index in [0.717, 1.165) is 34.0 Å². The number of fused-ring (bicyclic) bond motifs is 1. The normalized spacial score (nSPS) is 13.3. The predicted octanol–water partition coefficient (Wildman–Crippen LogP) is 2.54. The van der Waals surface area contributed by atoms with Crippen LogP contribution in [0.5, 0.6) is 0 Å². The summed E-state index contributed by atoms with van der Waals surface area (Å²) in [4.78, 5) is 23.5. The summed E-state index contributed by atoms with van der Waals surface area (Å²) in [5.41, 5.74) is 4.85. The van der Waals surface area contributed by atoms with Crippen molar-refractivity contribution in [2.24, 2.45) is 7.05 Å². The molecule has 0 saturated carbocycles. The number of benzene rings is 1. The first-order valence-electron chi connectivity index (χ1n) is 8.98. The van der Waals surface area contributed by atoms with Crippen LogP contribution in [0.1, 0.15) is 22.6 Å². The molecule has 1 aromatic carbocycles. The molecule has 0 N–H and O–H groups in total. The maximum absolute atomic E-state index is 12.1. The maximum atomic E-state index is 12.1. The molecule has 0 radical (unpaired) electrons. The molecular weight excluding hydrogens is 338 g/mol. The second-order valence-corrected chi connectivity index (χ2v) is 6.66. The predicted molar refractivity (Wildman–Crippen MR) is 103 cm³/mol. The highest BCUT2D eigenvalue weighted by Crippen LogP contribution is 2.27. The van der Waals surface area contributed by atoms with E-state index in [2.05, 4.69) is 23.8 Å². The van der Waals surface area contributed by atoms with Crippen LogP contribution in [0.25, 0.3) is 11.4 Å². The van der Waals surface area contributed by atoms with Crippen LogP contribution in [0.4, 0.5) is 0 Å². The molecular formula is C21H21N5O. The number of aryl methyl sites for hydroxylation is 1. The molecule has 0 fully saturated rings. The Hall–Kier alpha value is -3.28. The summed E-state index contributed by atoms with van der Waals surface area (Å²) in [6.45, 7) is 4.71. The minimum atomic E-state index is -0.0664. The Morgan fingerprint density at radius 1 is 1.22 bits per heavy atom. The minimum absolute atomic E-state index is 0.0664. The van der Waals surface area contributed by atoms with Gasteiger partial charge in [-0.2, -0.15) is 5.10 Å². The number of rotatable bonds is 4. The molecule has 6 nitrogen and oxygen atoms in total. The molecule has 0 unspecified atom stereocenters. The lowest BCUT2D eigenvalue weighted by Gasteiger charge is -2.28. The average Bonchev–Trinajstić information content (AvgIpc) is 3.13. The molecule has 0 aliphatic carbocycles. The van der Waals surface area contributed by atoms with Gasteiger partial charge in [-0.1, -0.05) is 36.9 Å². The van der Waals surface area contributed by atoms with Crippen molar-refractivity contribution in [1.29, 1.82) is 0 Å². The Labute approximate surface area is 158 Å². The van der Waals surface area contributed by atoms with Crippen molar-refractivity contribution in [3.05, 3.63) is 77.9 Å². The zero-order valence-electron chi connectivity index (χ0n) is 15.3. The lowest BCUT2D eigenvalue weighted by molar-refractivity contribution is -0.126. The summed E-state index contributed by atoms with van der Waals surface area (Å²) in [6, 6.07) is 12.1. The number of carbonyl (C=O) groups is 1. The van der Waals surface area contributed by atoms with Crippen LogP contribution in [-0.2, 0) is 31.2 Å². The lowest BCUT2D eigenvalue weighted by atomic mass is 10.0. The van der Waals surface area contributed by atoms with E-state index in [1.807, 2.05) is 37.5 Å². The highest BCUT2D eigenvalue weighted by Gasteiger charge is 2.25. The fourth-order valence-corrected chi connectivity index (χ4v) is 3.41. The first-order chi connectivity index (χ1) is 13.1. The van der Waals surface area contributed by atoms with Crippen molar-refractivity contribution in [2.45, 2.75) is 19.4 Å². The average molecular weight is 359 g/mol. The minimum Gasteiger partial charge on any atom is -0.333 e. The van der Waals surface area contributed by atoms with Crippen LogP contribution >= 0.6 is 0 Å². The number of hydrogen-bond acceptors (Lipinski definition) is 4. The SMILES string of the molecule is C=CC(=O)N1CCc2c(nc(Cc3ccccc3)nc2-c2ccn(C)n2)C1. The topological polar surface area (TPSA) is 63.9 Å². The smallest absolute Gasteiger partial charge is 0.246 e. The van der Waals surface area contributed by atoms with Crippen molar-refractivity contribution in [1.82, 2.24) is 24.6 Å². The van der Waals surface area contributed by atoms with Crippen LogP contribution in [0.2, 0.25) is 0 Å². The van der Waals surface area contributed by atoms with Crippen LogP contribution in [0.15, 0.2) is 55.3 Å². The third-order valence-corrected chi connectivity index (χ3v) is 4.76. The first kappa shape index (κ1) is 17.1. The van der Waals surface area contributed by atoms with Crippen molar-refractivity contribution >= 4 is 5.91 Å². The molecule has 3 heterocycles. The van der Waals surface area contributed by atoms with Gasteiger partial charge < -0.3 is 4.90 Å². The molecule has 6 heteroatoms. The summed E-state index contributed by atoms with van der Waals surface area (Å²) >= 11 is 0. The van der Waals surface area contributed by atoms with Crippen LogP contribution < -0.4 is 0 Å². The molecule has 4 rings (SSSR count). The molecule has 0 atom stereocenters. The van der Waals surface area contributed by atoms with Gasteiger partial charge in [0.1, 0.15) is 11.5 Å². The van der Waals surface area contributed by atoms with E-state index >= 15 is 0 Å². The van der Waals surface area contributed by atoms with E-state index in [-0.39, 0.29) is 5.91 Å². The van der Waals surface area contributed by atoms with Crippen LogP contribution in [0, 0.1) is 0 Å². The molecule has 0 bridgehead atoms. The fraction of sp³-hybridized carbons (Fsp3) is 0.238. The Bertz CT molecular complexity index is 993. The summed E-state index contributed by atoms with van der Waals surface area (Å²) in [6.07, 6.45) is 4.63. The molecule has 1 amide bonds. The van der Waals surface area contributed by atoms with Gasteiger partial charge >= 0.3 is 0 Å². The van der Waals surface area contributed by atoms with Crippen molar-refractivity contribution < 1.29 is 4.79 Å². The van der Waals surface area contributed by atoms with Crippen molar-refractivity contribution in [3.8, 4) is 11.4 Å². The third-order valence-electron chi connectivity index (χ3n) is 4.76. The van der Waals surface area contributed by atoms with Gasteiger partial charge in [0.2, 0.25) is 5.91 Å². The summed E-state index contributed by atoms with van der Waals surface area (Å²) in [5, 5.41) is 4.54. The van der Waals surface area contributed by atoms with Gasteiger partial charge in [0.15, 0.2) is 0 Å². The van der Waals surface area contributed by atoms with Gasteiger partial charge in [0.25, 0.3) is 0 Å². The number of amides is 1. The first-order valence-corrected chi connectivity index (χ1v) is 8.98.